The van der Waals surface area contributed by atoms with Crippen LogP contribution in [0.4, 0.5) is 0 Å². The minimum absolute atomic E-state index is 0.128. The van der Waals surface area contributed by atoms with Crippen LogP contribution in [-0.4, -0.2) is 24.8 Å². The van der Waals surface area contributed by atoms with E-state index in [1.165, 1.54) is 5.56 Å². The molecule has 2 aromatic carbocycles. The van der Waals surface area contributed by atoms with E-state index >= 15 is 0 Å². The Morgan fingerprint density at radius 1 is 1.17 bits per heavy atom. The molecule has 0 spiro atoms. The predicted octanol–water partition coefficient (Wildman–Crippen LogP) is 2.79. The van der Waals surface area contributed by atoms with Gasteiger partial charge in [0.25, 0.3) is 0 Å². The first kappa shape index (κ1) is 16.8. The van der Waals surface area contributed by atoms with Crippen molar-refractivity contribution in [2.75, 3.05) is 13.7 Å². The number of carboxylic acids is 1. The monoisotopic (exact) mass is 315 g/mol. The summed E-state index contributed by atoms with van der Waals surface area (Å²) in [7, 11) is 1.55. The van der Waals surface area contributed by atoms with Gasteiger partial charge in [0, 0.05) is 12.5 Å². The second kappa shape index (κ2) is 8.19. The van der Waals surface area contributed by atoms with E-state index in [-0.39, 0.29) is 6.42 Å². The largest absolute Gasteiger partial charge is 0.493 e. The second-order valence-electron chi connectivity index (χ2n) is 5.20. The van der Waals surface area contributed by atoms with Crippen LogP contribution in [0.3, 0.4) is 0 Å². The zero-order chi connectivity index (χ0) is 16.7. The zero-order valence-corrected chi connectivity index (χ0v) is 13.1. The summed E-state index contributed by atoms with van der Waals surface area (Å²) in [6.45, 7) is 0.529. The fraction of sp³-hybridized carbons (Fsp3) is 0.278. The zero-order valence-electron chi connectivity index (χ0n) is 13.1. The molecule has 1 atom stereocenters. The van der Waals surface area contributed by atoms with E-state index in [9.17, 15) is 4.79 Å². The highest BCUT2D eigenvalue weighted by Gasteiger charge is 2.14. The number of benzene rings is 2. The summed E-state index contributed by atoms with van der Waals surface area (Å²) in [4.78, 5) is 10.7. The maximum Gasteiger partial charge on any atom is 0.305 e. The van der Waals surface area contributed by atoms with Crippen LogP contribution in [0.15, 0.2) is 48.5 Å². The first-order valence-corrected chi connectivity index (χ1v) is 7.42. The van der Waals surface area contributed by atoms with Crippen LogP contribution in [-0.2, 0) is 11.2 Å². The Kier molecular flexibility index (Phi) is 6.00. The minimum Gasteiger partial charge on any atom is -0.493 e. The van der Waals surface area contributed by atoms with Gasteiger partial charge in [-0.2, -0.15) is 0 Å². The number of nitrogens with two attached hydrogens (primary N) is 1. The highest BCUT2D eigenvalue weighted by molar-refractivity contribution is 5.68. The van der Waals surface area contributed by atoms with E-state index in [0.29, 0.717) is 23.7 Å². The van der Waals surface area contributed by atoms with Crippen LogP contribution in [0.25, 0.3) is 0 Å². The lowest BCUT2D eigenvalue weighted by atomic mass is 10.0. The van der Waals surface area contributed by atoms with Crippen LogP contribution in [0.5, 0.6) is 11.5 Å². The molecular weight excluding hydrogens is 294 g/mol. The van der Waals surface area contributed by atoms with Crippen molar-refractivity contribution < 1.29 is 19.4 Å². The summed E-state index contributed by atoms with van der Waals surface area (Å²) in [6.07, 6.45) is 0.668. The van der Waals surface area contributed by atoms with Crippen molar-refractivity contribution in [3.05, 3.63) is 59.7 Å². The van der Waals surface area contributed by atoms with Gasteiger partial charge in [-0.1, -0.05) is 36.4 Å². The smallest absolute Gasteiger partial charge is 0.305 e. The molecule has 122 valence electrons. The Balaban J connectivity index is 2.00. The lowest BCUT2D eigenvalue weighted by Gasteiger charge is -2.15. The lowest BCUT2D eigenvalue weighted by molar-refractivity contribution is -0.137. The topological polar surface area (TPSA) is 81.8 Å². The SMILES string of the molecule is COc1cc(C(N)CC(=O)O)ccc1OCCc1ccccc1. The van der Waals surface area contributed by atoms with E-state index < -0.39 is 12.0 Å². The van der Waals surface area contributed by atoms with Gasteiger partial charge in [-0.15, -0.1) is 0 Å². The Morgan fingerprint density at radius 3 is 2.57 bits per heavy atom. The summed E-state index contributed by atoms with van der Waals surface area (Å²) >= 11 is 0. The van der Waals surface area contributed by atoms with E-state index in [2.05, 4.69) is 12.1 Å². The number of hydrogen-bond acceptors (Lipinski definition) is 4. The van der Waals surface area contributed by atoms with Crippen molar-refractivity contribution in [3.8, 4) is 11.5 Å². The maximum atomic E-state index is 10.7. The number of carboxylic acid groups (broad SMARTS) is 1. The Bertz CT molecular complexity index is 643. The van der Waals surface area contributed by atoms with Crippen molar-refractivity contribution in [3.63, 3.8) is 0 Å². The average molecular weight is 315 g/mol. The molecule has 0 aromatic heterocycles. The number of methoxy groups -OCH3 is 1. The average Bonchev–Trinajstić information content (AvgIpc) is 2.55. The Hall–Kier alpha value is -2.53. The van der Waals surface area contributed by atoms with E-state index in [1.807, 2.05) is 18.2 Å². The molecule has 5 nitrogen and oxygen atoms in total. The molecule has 0 bridgehead atoms. The second-order valence-corrected chi connectivity index (χ2v) is 5.20. The Morgan fingerprint density at radius 2 is 1.91 bits per heavy atom. The molecule has 0 saturated heterocycles. The number of carbonyl (C=O) groups is 1. The normalized spacial score (nSPS) is 11.7. The number of aliphatic carboxylic acids is 1. The number of hydrogen-bond donors (Lipinski definition) is 2. The molecule has 0 aliphatic heterocycles. The standard InChI is InChI=1S/C18H21NO4/c1-22-17-11-14(15(19)12-18(20)21)7-8-16(17)23-10-9-13-5-3-2-4-6-13/h2-8,11,15H,9-10,12,19H2,1H3,(H,20,21). The predicted molar refractivity (Wildman–Crippen MR) is 87.8 cm³/mol. The van der Waals surface area contributed by atoms with Crippen LogP contribution < -0.4 is 15.2 Å². The summed E-state index contributed by atoms with van der Waals surface area (Å²) in [5.41, 5.74) is 7.78. The van der Waals surface area contributed by atoms with Crippen LogP contribution in [0.1, 0.15) is 23.6 Å². The van der Waals surface area contributed by atoms with Crippen molar-refractivity contribution >= 4 is 5.97 Å². The Labute approximate surface area is 135 Å². The molecule has 0 heterocycles. The van der Waals surface area contributed by atoms with Crippen molar-refractivity contribution in [1.29, 1.82) is 0 Å². The van der Waals surface area contributed by atoms with Gasteiger partial charge in [-0.3, -0.25) is 4.79 Å². The van der Waals surface area contributed by atoms with Crippen molar-refractivity contribution in [1.82, 2.24) is 0 Å². The lowest BCUT2D eigenvalue weighted by Crippen LogP contribution is -2.15. The number of rotatable bonds is 8. The summed E-state index contributed by atoms with van der Waals surface area (Å²) < 4.78 is 11.1. The summed E-state index contributed by atoms with van der Waals surface area (Å²) in [6, 6.07) is 14.8. The third-order valence-electron chi connectivity index (χ3n) is 3.50. The molecule has 0 aliphatic carbocycles. The molecular formula is C18H21NO4. The van der Waals surface area contributed by atoms with E-state index in [1.54, 1.807) is 25.3 Å². The quantitative estimate of drug-likeness (QED) is 0.783. The van der Waals surface area contributed by atoms with E-state index in [0.717, 1.165) is 6.42 Å². The summed E-state index contributed by atoms with van der Waals surface area (Å²) in [5.74, 6) is 0.241. The molecule has 0 fully saturated rings. The van der Waals surface area contributed by atoms with Gasteiger partial charge in [0.05, 0.1) is 20.1 Å². The molecule has 5 heteroatoms. The van der Waals surface area contributed by atoms with Gasteiger partial charge in [0.1, 0.15) is 0 Å². The molecule has 2 aromatic rings. The van der Waals surface area contributed by atoms with Crippen LogP contribution in [0, 0.1) is 0 Å². The fourth-order valence-electron chi connectivity index (χ4n) is 2.26. The molecule has 0 amide bonds. The fourth-order valence-corrected chi connectivity index (χ4v) is 2.26. The molecule has 23 heavy (non-hydrogen) atoms. The minimum atomic E-state index is -0.931. The van der Waals surface area contributed by atoms with Gasteiger partial charge < -0.3 is 20.3 Å². The molecule has 0 saturated carbocycles. The van der Waals surface area contributed by atoms with Gasteiger partial charge in [-0.05, 0) is 23.3 Å². The van der Waals surface area contributed by atoms with Gasteiger partial charge in [-0.25, -0.2) is 0 Å². The number of ether oxygens (including phenoxy) is 2. The van der Waals surface area contributed by atoms with E-state index in [4.69, 9.17) is 20.3 Å². The van der Waals surface area contributed by atoms with Crippen LogP contribution >= 0.6 is 0 Å². The van der Waals surface area contributed by atoms with Gasteiger partial charge in [0.2, 0.25) is 0 Å². The summed E-state index contributed by atoms with van der Waals surface area (Å²) in [5, 5.41) is 8.81. The molecule has 1 unspecified atom stereocenters. The third kappa shape index (κ3) is 5.00. The van der Waals surface area contributed by atoms with Crippen LogP contribution in [0.2, 0.25) is 0 Å². The molecule has 0 aliphatic rings. The highest BCUT2D eigenvalue weighted by Crippen LogP contribution is 2.30. The molecule has 2 rings (SSSR count). The first-order chi connectivity index (χ1) is 11.1. The first-order valence-electron chi connectivity index (χ1n) is 7.42. The van der Waals surface area contributed by atoms with Gasteiger partial charge >= 0.3 is 5.97 Å². The van der Waals surface area contributed by atoms with Gasteiger partial charge in [0.15, 0.2) is 11.5 Å². The molecule has 3 N–H and O–H groups in total. The highest BCUT2D eigenvalue weighted by atomic mass is 16.5. The van der Waals surface area contributed by atoms with Crippen molar-refractivity contribution in [2.24, 2.45) is 5.73 Å². The third-order valence-corrected chi connectivity index (χ3v) is 3.50. The van der Waals surface area contributed by atoms with Crippen molar-refractivity contribution in [2.45, 2.75) is 18.9 Å². The maximum absolute atomic E-state index is 10.7. The molecule has 0 radical (unpaired) electrons.